The number of rotatable bonds is 8. The van der Waals surface area contributed by atoms with Crippen LogP contribution in [0.4, 0.5) is 0 Å². The molecule has 308 valence electrons. The number of fused-ring (bicyclic) bond motifs is 6. The number of aromatic nitrogens is 8. The minimum absolute atomic E-state index is 0.804. The molecule has 0 aliphatic carbocycles. The zero-order valence-corrected chi connectivity index (χ0v) is 35.4. The molecule has 0 aliphatic heterocycles. The summed E-state index contributed by atoms with van der Waals surface area (Å²) in [6, 6.07) is 58.3. The van der Waals surface area contributed by atoms with Crippen molar-refractivity contribution in [2.75, 3.05) is 0 Å². The lowest BCUT2D eigenvalue weighted by atomic mass is 9.90. The van der Waals surface area contributed by atoms with E-state index in [1.54, 1.807) is 12.4 Å². The van der Waals surface area contributed by atoms with Crippen LogP contribution < -0.4 is 0 Å². The van der Waals surface area contributed by atoms with Crippen LogP contribution in [0.5, 0.6) is 0 Å². The highest BCUT2D eigenvalue weighted by Gasteiger charge is 2.14. The van der Waals surface area contributed by atoms with Crippen molar-refractivity contribution in [3.8, 4) is 90.1 Å². The summed E-state index contributed by atoms with van der Waals surface area (Å²) in [6.45, 7) is 0. The molecular weight excluding hydrogens is 809 g/mol. The summed E-state index contributed by atoms with van der Waals surface area (Å²) in [4.78, 5) is 37.4. The molecule has 66 heavy (non-hydrogen) atoms. The van der Waals surface area contributed by atoms with Crippen LogP contribution in [0, 0.1) is 0 Å². The van der Waals surface area contributed by atoms with Crippen LogP contribution in [0.3, 0.4) is 0 Å². The van der Waals surface area contributed by atoms with Crippen LogP contribution >= 0.6 is 0 Å². The van der Waals surface area contributed by atoms with Gasteiger partial charge in [0.1, 0.15) is 0 Å². The largest absolute Gasteiger partial charge is 0.256 e. The zero-order valence-electron chi connectivity index (χ0n) is 35.4. The topological polar surface area (TPSA) is 103 Å². The lowest BCUT2D eigenvalue weighted by molar-refractivity contribution is 1.23. The molecule has 0 atom stereocenters. The number of hydrogen-bond donors (Lipinski definition) is 0. The standard InChI is InChI=1S/C58H36N8/c1-2-8-46-45(7-1)49-29-37(39-13-23-55(63-31-39)57-25-17-43(35-65-57)53-21-15-41(33-61-53)51-9-3-5-27-59-51)11-19-47(49)48-20-12-38(30-50(46)48)40-14-24-56(64-32-40)58-26-18-44(36-66-58)54-22-16-42(34-62-54)52-10-4-6-28-60-52/h1-36H. The van der Waals surface area contributed by atoms with Gasteiger partial charge in [-0.25, -0.2) is 0 Å². The number of nitrogens with zero attached hydrogens (tertiary/aromatic N) is 8. The van der Waals surface area contributed by atoms with Gasteiger partial charge in [-0.15, -0.1) is 0 Å². The molecule has 0 fully saturated rings. The normalized spacial score (nSPS) is 11.3. The van der Waals surface area contributed by atoms with Gasteiger partial charge in [-0.1, -0.05) is 72.8 Å². The van der Waals surface area contributed by atoms with E-state index >= 15 is 0 Å². The molecule has 0 unspecified atom stereocenters. The van der Waals surface area contributed by atoms with Gasteiger partial charge >= 0.3 is 0 Å². The highest BCUT2D eigenvalue weighted by atomic mass is 14.8. The first-order valence-corrected chi connectivity index (χ1v) is 21.7. The maximum atomic E-state index is 4.85. The van der Waals surface area contributed by atoms with E-state index in [-0.39, 0.29) is 0 Å². The van der Waals surface area contributed by atoms with Gasteiger partial charge in [0.05, 0.1) is 45.6 Å². The quantitative estimate of drug-likeness (QED) is 0.139. The van der Waals surface area contributed by atoms with Crippen molar-refractivity contribution in [2.24, 2.45) is 0 Å². The van der Waals surface area contributed by atoms with Crippen molar-refractivity contribution >= 4 is 32.3 Å². The van der Waals surface area contributed by atoms with Gasteiger partial charge < -0.3 is 0 Å². The monoisotopic (exact) mass is 844 g/mol. The molecule has 0 bridgehead atoms. The molecule has 0 spiro atoms. The Balaban J connectivity index is 0.779. The third-order valence-electron chi connectivity index (χ3n) is 12.1. The Hall–Kier alpha value is -9.14. The Kier molecular flexibility index (Phi) is 9.65. The second-order valence-electron chi connectivity index (χ2n) is 16.1. The summed E-state index contributed by atoms with van der Waals surface area (Å²) in [5, 5.41) is 7.22. The fraction of sp³-hybridized carbons (Fsp3) is 0. The predicted octanol–water partition coefficient (Wildman–Crippen LogP) is 13.6. The summed E-state index contributed by atoms with van der Waals surface area (Å²) in [5.74, 6) is 0. The summed E-state index contributed by atoms with van der Waals surface area (Å²) in [6.07, 6.45) is 14.9. The summed E-state index contributed by atoms with van der Waals surface area (Å²) < 4.78 is 0. The Labute approximate surface area is 380 Å². The van der Waals surface area contributed by atoms with Gasteiger partial charge in [-0.05, 0) is 141 Å². The fourth-order valence-electron chi connectivity index (χ4n) is 8.64. The molecule has 4 aromatic carbocycles. The molecule has 0 radical (unpaired) electrons. The molecule has 0 aliphatic rings. The second-order valence-corrected chi connectivity index (χ2v) is 16.1. The van der Waals surface area contributed by atoms with Crippen LogP contribution in [-0.4, -0.2) is 39.9 Å². The highest BCUT2D eigenvalue weighted by Crippen LogP contribution is 2.39. The van der Waals surface area contributed by atoms with Crippen LogP contribution in [-0.2, 0) is 0 Å². The van der Waals surface area contributed by atoms with E-state index in [1.807, 2.05) is 134 Å². The zero-order chi connectivity index (χ0) is 43.8. The summed E-state index contributed by atoms with van der Waals surface area (Å²) in [5.41, 5.74) is 14.9. The van der Waals surface area contributed by atoms with Crippen LogP contribution in [0.25, 0.3) is 122 Å². The van der Waals surface area contributed by atoms with Crippen LogP contribution in [0.1, 0.15) is 0 Å². The lowest BCUT2D eigenvalue weighted by Gasteiger charge is -2.13. The predicted molar refractivity (Wildman–Crippen MR) is 265 cm³/mol. The Bertz CT molecular complexity index is 3410. The fourth-order valence-corrected chi connectivity index (χ4v) is 8.64. The molecule has 8 heterocycles. The van der Waals surface area contributed by atoms with Gasteiger partial charge in [0.15, 0.2) is 0 Å². The Morgan fingerprint density at radius 1 is 0.182 bits per heavy atom. The van der Waals surface area contributed by atoms with E-state index in [1.165, 1.54) is 32.3 Å². The summed E-state index contributed by atoms with van der Waals surface area (Å²) >= 11 is 0. The van der Waals surface area contributed by atoms with Gasteiger partial charge in [-0.3, -0.25) is 39.9 Å². The van der Waals surface area contributed by atoms with Gasteiger partial charge in [0, 0.05) is 83.0 Å². The molecule has 8 heteroatoms. The molecule has 0 amide bonds. The average molecular weight is 845 g/mol. The molecule has 8 nitrogen and oxygen atoms in total. The lowest BCUT2D eigenvalue weighted by Crippen LogP contribution is -1.91. The molecule has 12 aromatic rings. The van der Waals surface area contributed by atoms with Crippen molar-refractivity contribution in [1.82, 2.24) is 39.9 Å². The van der Waals surface area contributed by atoms with Crippen LogP contribution in [0.2, 0.25) is 0 Å². The first kappa shape index (κ1) is 38.5. The van der Waals surface area contributed by atoms with E-state index in [0.29, 0.717) is 0 Å². The highest BCUT2D eigenvalue weighted by molar-refractivity contribution is 6.26. The van der Waals surface area contributed by atoms with Gasteiger partial charge in [0.25, 0.3) is 0 Å². The van der Waals surface area contributed by atoms with Gasteiger partial charge in [-0.2, -0.15) is 0 Å². The van der Waals surface area contributed by atoms with Crippen molar-refractivity contribution in [3.05, 3.63) is 219 Å². The minimum atomic E-state index is 0.804. The molecule has 0 N–H and O–H groups in total. The van der Waals surface area contributed by atoms with Crippen molar-refractivity contribution in [2.45, 2.75) is 0 Å². The summed E-state index contributed by atoms with van der Waals surface area (Å²) in [7, 11) is 0. The van der Waals surface area contributed by atoms with E-state index in [9.17, 15) is 0 Å². The van der Waals surface area contributed by atoms with Gasteiger partial charge in [0.2, 0.25) is 0 Å². The maximum absolute atomic E-state index is 4.85. The number of pyridine rings is 8. The van der Waals surface area contributed by atoms with E-state index in [0.717, 1.165) is 90.1 Å². The Morgan fingerprint density at radius 2 is 0.470 bits per heavy atom. The molecule has 0 saturated heterocycles. The van der Waals surface area contributed by atoms with E-state index in [4.69, 9.17) is 19.9 Å². The first-order chi connectivity index (χ1) is 32.7. The minimum Gasteiger partial charge on any atom is -0.256 e. The first-order valence-electron chi connectivity index (χ1n) is 21.7. The molecule has 0 saturated carbocycles. The second kappa shape index (κ2) is 16.5. The van der Waals surface area contributed by atoms with Crippen molar-refractivity contribution < 1.29 is 0 Å². The van der Waals surface area contributed by atoms with E-state index in [2.05, 4.69) is 92.7 Å². The third kappa shape index (κ3) is 7.28. The van der Waals surface area contributed by atoms with Crippen molar-refractivity contribution in [1.29, 1.82) is 0 Å². The van der Waals surface area contributed by atoms with E-state index < -0.39 is 0 Å². The SMILES string of the molecule is c1ccc(-c2ccc(-c3ccc(-c4ccc(-c5ccc6c7ccc(-c8ccc(-c9ccc(-c%10ccc(-c%11ccccn%11)cn%10)cn9)nc8)cc7c7ccccc7c6c5)cn4)nc3)nc2)nc1. The Morgan fingerprint density at radius 3 is 0.788 bits per heavy atom. The molecule has 12 rings (SSSR count). The molecular formula is C58H36N8. The smallest absolute Gasteiger partial charge is 0.0886 e. The number of benzene rings is 4. The third-order valence-corrected chi connectivity index (χ3v) is 12.1. The average Bonchev–Trinajstić information content (AvgIpc) is 3.41. The molecule has 8 aromatic heterocycles. The van der Waals surface area contributed by atoms with Crippen molar-refractivity contribution in [3.63, 3.8) is 0 Å². The van der Waals surface area contributed by atoms with Crippen LogP contribution in [0.15, 0.2) is 219 Å². The maximum Gasteiger partial charge on any atom is 0.0886 e. The number of hydrogen-bond acceptors (Lipinski definition) is 8.